The summed E-state index contributed by atoms with van der Waals surface area (Å²) in [6.07, 6.45) is 0. The second kappa shape index (κ2) is 9.89. The highest BCUT2D eigenvalue weighted by atomic mass is 32.2. The number of hydrogen-bond donors (Lipinski definition) is 2. The summed E-state index contributed by atoms with van der Waals surface area (Å²) in [7, 11) is -3.57. The van der Waals surface area contributed by atoms with Crippen LogP contribution in [-0.4, -0.2) is 68.8 Å². The molecule has 2 rings (SSSR count). The van der Waals surface area contributed by atoms with Crippen LogP contribution in [0, 0.1) is 5.92 Å². The van der Waals surface area contributed by atoms with Crippen molar-refractivity contribution >= 4 is 22.0 Å². The molecule has 1 aliphatic heterocycles. The van der Waals surface area contributed by atoms with E-state index >= 15 is 0 Å². The van der Waals surface area contributed by atoms with Gasteiger partial charge < -0.3 is 5.32 Å². The number of piperazine rings is 1. The first-order valence-electron chi connectivity index (χ1n) is 10.3. The molecule has 0 unspecified atom stereocenters. The van der Waals surface area contributed by atoms with Gasteiger partial charge in [0.2, 0.25) is 15.9 Å². The van der Waals surface area contributed by atoms with Crippen molar-refractivity contribution in [1.29, 1.82) is 0 Å². The van der Waals surface area contributed by atoms with E-state index in [2.05, 4.69) is 31.4 Å². The third-order valence-corrected chi connectivity index (χ3v) is 6.89. The van der Waals surface area contributed by atoms with E-state index in [1.807, 2.05) is 30.9 Å². The minimum atomic E-state index is -3.57. The lowest BCUT2D eigenvalue weighted by atomic mass is 9.87. The molecule has 1 saturated heterocycles. The zero-order valence-electron chi connectivity index (χ0n) is 18.6. The third kappa shape index (κ3) is 6.78. The molecule has 0 aromatic heterocycles. The Kier molecular flexibility index (Phi) is 8.01. The van der Waals surface area contributed by atoms with Crippen LogP contribution in [0.4, 0.5) is 4.79 Å². The van der Waals surface area contributed by atoms with Crippen LogP contribution in [0.25, 0.3) is 0 Å². The Morgan fingerprint density at radius 1 is 1.03 bits per heavy atom. The molecule has 0 aliphatic carbocycles. The van der Waals surface area contributed by atoms with E-state index in [1.165, 1.54) is 4.31 Å². The van der Waals surface area contributed by atoms with E-state index in [-0.39, 0.29) is 16.9 Å². The molecule has 1 aliphatic rings. The molecule has 8 nitrogen and oxygen atoms in total. The Hall–Kier alpha value is -1.97. The number of hydrogen-bond acceptors (Lipinski definition) is 5. The van der Waals surface area contributed by atoms with Crippen molar-refractivity contribution < 1.29 is 18.0 Å². The van der Waals surface area contributed by atoms with Crippen LogP contribution in [0.1, 0.15) is 40.2 Å². The number of amides is 3. The van der Waals surface area contributed by atoms with E-state index in [9.17, 15) is 18.0 Å². The summed E-state index contributed by atoms with van der Waals surface area (Å²) in [5.74, 6) is -0.101. The first-order chi connectivity index (χ1) is 13.9. The minimum absolute atomic E-state index is 0.0415. The number of imide groups is 1. The lowest BCUT2D eigenvalue weighted by Crippen LogP contribution is -2.52. The minimum Gasteiger partial charge on any atom is -0.338 e. The van der Waals surface area contributed by atoms with Gasteiger partial charge in [0, 0.05) is 32.7 Å². The van der Waals surface area contributed by atoms with Crippen LogP contribution in [0.3, 0.4) is 0 Å². The van der Waals surface area contributed by atoms with Gasteiger partial charge in [-0.3, -0.25) is 15.0 Å². The third-order valence-electron chi connectivity index (χ3n) is 4.98. The number of sulfonamides is 1. The van der Waals surface area contributed by atoms with Crippen LogP contribution < -0.4 is 10.6 Å². The molecule has 0 saturated carbocycles. The SMILES string of the molecule is CC(C)CNC(=O)NC(=O)CN1CCN(S(=O)(=O)c2ccc(C(C)(C)C)cc2)CC1. The number of carbonyl (C=O) groups excluding carboxylic acids is 2. The molecule has 0 spiro atoms. The van der Waals surface area contributed by atoms with Gasteiger partial charge in [-0.2, -0.15) is 4.31 Å². The standard InChI is InChI=1S/C21H34N4O4S/c1-16(2)14-22-20(27)23-19(26)15-24-10-12-25(13-11-24)30(28,29)18-8-6-17(7-9-18)21(3,4)5/h6-9,16H,10-15H2,1-5H3,(H2,22,23,26,27). The lowest BCUT2D eigenvalue weighted by Gasteiger charge is -2.33. The van der Waals surface area contributed by atoms with Gasteiger partial charge in [-0.15, -0.1) is 0 Å². The van der Waals surface area contributed by atoms with Gasteiger partial charge in [-0.25, -0.2) is 13.2 Å². The first-order valence-corrected chi connectivity index (χ1v) is 11.7. The molecular weight excluding hydrogens is 404 g/mol. The Morgan fingerprint density at radius 3 is 2.10 bits per heavy atom. The molecule has 2 N–H and O–H groups in total. The Labute approximate surface area is 180 Å². The Morgan fingerprint density at radius 2 is 1.60 bits per heavy atom. The van der Waals surface area contributed by atoms with Gasteiger partial charge in [0.15, 0.2) is 0 Å². The predicted molar refractivity (Wildman–Crippen MR) is 117 cm³/mol. The number of carbonyl (C=O) groups is 2. The van der Waals surface area contributed by atoms with E-state index in [0.717, 1.165) is 5.56 Å². The largest absolute Gasteiger partial charge is 0.338 e. The maximum absolute atomic E-state index is 12.9. The zero-order chi connectivity index (χ0) is 22.5. The van der Waals surface area contributed by atoms with Crippen molar-refractivity contribution in [3.8, 4) is 0 Å². The predicted octanol–water partition coefficient (Wildman–Crippen LogP) is 1.77. The topological polar surface area (TPSA) is 98.8 Å². The zero-order valence-corrected chi connectivity index (χ0v) is 19.4. The van der Waals surface area contributed by atoms with Crippen molar-refractivity contribution in [2.75, 3.05) is 39.3 Å². The fourth-order valence-corrected chi connectivity index (χ4v) is 4.54. The van der Waals surface area contributed by atoms with Crippen LogP contribution in [0.2, 0.25) is 0 Å². The van der Waals surface area contributed by atoms with Gasteiger partial charge in [0.25, 0.3) is 0 Å². The van der Waals surface area contributed by atoms with Gasteiger partial charge in [0.1, 0.15) is 0 Å². The summed E-state index contributed by atoms with van der Waals surface area (Å²) in [4.78, 5) is 25.8. The molecule has 0 radical (unpaired) electrons. The summed E-state index contributed by atoms with van der Waals surface area (Å²) in [6, 6.07) is 6.53. The highest BCUT2D eigenvalue weighted by Crippen LogP contribution is 2.25. The van der Waals surface area contributed by atoms with Crippen molar-refractivity contribution in [2.24, 2.45) is 5.92 Å². The Bertz CT molecular complexity index is 837. The van der Waals surface area contributed by atoms with E-state index in [0.29, 0.717) is 38.6 Å². The van der Waals surface area contributed by atoms with Crippen LogP contribution in [-0.2, 0) is 20.2 Å². The van der Waals surface area contributed by atoms with E-state index in [4.69, 9.17) is 0 Å². The maximum atomic E-state index is 12.9. The molecule has 9 heteroatoms. The summed E-state index contributed by atoms with van der Waals surface area (Å²) in [5.41, 5.74) is 1.04. The second-order valence-corrected chi connectivity index (χ2v) is 11.0. The van der Waals surface area contributed by atoms with Crippen LogP contribution in [0.15, 0.2) is 29.2 Å². The van der Waals surface area contributed by atoms with E-state index < -0.39 is 22.0 Å². The van der Waals surface area contributed by atoms with Gasteiger partial charge in [-0.1, -0.05) is 46.8 Å². The highest BCUT2D eigenvalue weighted by Gasteiger charge is 2.29. The lowest BCUT2D eigenvalue weighted by molar-refractivity contribution is -0.121. The number of nitrogens with one attached hydrogen (secondary N) is 2. The molecule has 1 aromatic rings. The molecule has 30 heavy (non-hydrogen) atoms. The molecule has 1 aromatic carbocycles. The molecule has 0 atom stereocenters. The fourth-order valence-electron chi connectivity index (χ4n) is 3.11. The molecule has 1 fully saturated rings. The Balaban J connectivity index is 1.87. The van der Waals surface area contributed by atoms with Crippen molar-refractivity contribution in [3.63, 3.8) is 0 Å². The van der Waals surface area contributed by atoms with Gasteiger partial charge >= 0.3 is 6.03 Å². The van der Waals surface area contributed by atoms with Crippen molar-refractivity contribution in [1.82, 2.24) is 19.8 Å². The number of nitrogens with zero attached hydrogens (tertiary/aromatic N) is 2. The first kappa shape index (κ1) is 24.3. The highest BCUT2D eigenvalue weighted by molar-refractivity contribution is 7.89. The number of urea groups is 1. The summed E-state index contributed by atoms with van der Waals surface area (Å²) >= 11 is 0. The molecule has 0 bridgehead atoms. The number of rotatable bonds is 6. The van der Waals surface area contributed by atoms with Gasteiger partial charge in [0.05, 0.1) is 11.4 Å². The molecule has 1 heterocycles. The average Bonchev–Trinajstić information content (AvgIpc) is 2.66. The number of benzene rings is 1. The molecule has 168 valence electrons. The second-order valence-electron chi connectivity index (χ2n) is 9.11. The average molecular weight is 439 g/mol. The summed E-state index contributed by atoms with van der Waals surface area (Å²) < 4.78 is 27.3. The molecule has 3 amide bonds. The maximum Gasteiger partial charge on any atom is 0.321 e. The monoisotopic (exact) mass is 438 g/mol. The quantitative estimate of drug-likeness (QED) is 0.705. The summed E-state index contributed by atoms with van der Waals surface area (Å²) in [5, 5.41) is 4.94. The summed E-state index contributed by atoms with van der Waals surface area (Å²) in [6.45, 7) is 12.2. The van der Waals surface area contributed by atoms with Crippen molar-refractivity contribution in [2.45, 2.75) is 44.9 Å². The smallest absolute Gasteiger partial charge is 0.321 e. The van der Waals surface area contributed by atoms with Crippen LogP contribution >= 0.6 is 0 Å². The van der Waals surface area contributed by atoms with Gasteiger partial charge in [-0.05, 0) is 29.0 Å². The van der Waals surface area contributed by atoms with E-state index in [1.54, 1.807) is 12.1 Å². The van der Waals surface area contributed by atoms with Crippen LogP contribution in [0.5, 0.6) is 0 Å². The molecular formula is C21H34N4O4S. The van der Waals surface area contributed by atoms with Crippen molar-refractivity contribution in [3.05, 3.63) is 29.8 Å². The normalized spacial score (nSPS) is 16.5. The fraction of sp³-hybridized carbons (Fsp3) is 0.619.